The van der Waals surface area contributed by atoms with E-state index in [4.69, 9.17) is 19.9 Å². The van der Waals surface area contributed by atoms with Crippen LogP contribution >= 0.6 is 11.8 Å². The second kappa shape index (κ2) is 7.01. The molecule has 0 amide bonds. The predicted octanol–water partition coefficient (Wildman–Crippen LogP) is 2.05. The lowest BCUT2D eigenvalue weighted by molar-refractivity contribution is 0.300. The van der Waals surface area contributed by atoms with Crippen LogP contribution in [0.15, 0.2) is 4.63 Å². The smallest absolute Gasteiger partial charge is 0.184 e. The maximum atomic E-state index is 8.98. The maximum absolute atomic E-state index is 8.98. The highest BCUT2D eigenvalue weighted by molar-refractivity contribution is 8.04. The Morgan fingerprint density at radius 1 is 1.29 bits per heavy atom. The molecule has 4 heterocycles. The molecule has 1 unspecified atom stereocenters. The minimum atomic E-state index is -0.232. The molecule has 1 aliphatic rings. The lowest BCUT2D eigenvalue weighted by atomic mass is 9.96. The number of aryl methyl sites for hydroxylation is 1. The summed E-state index contributed by atoms with van der Waals surface area (Å²) in [5.74, 6) is 1.50. The third-order valence-electron chi connectivity index (χ3n) is 4.73. The van der Waals surface area contributed by atoms with E-state index < -0.39 is 0 Å². The fraction of sp³-hybridized carbons (Fsp3) is 0.588. The molecule has 0 radical (unpaired) electrons. The first-order valence-electron chi connectivity index (χ1n) is 9.06. The average Bonchev–Trinajstić information content (AvgIpc) is 3.36. The zero-order valence-corrected chi connectivity index (χ0v) is 17.1. The van der Waals surface area contributed by atoms with E-state index in [0.717, 1.165) is 31.2 Å². The highest BCUT2D eigenvalue weighted by Crippen LogP contribution is 2.31. The van der Waals surface area contributed by atoms with Crippen LogP contribution in [0, 0.1) is 17.6 Å². The van der Waals surface area contributed by atoms with Crippen LogP contribution in [0.2, 0.25) is 0 Å². The second-order valence-electron chi connectivity index (χ2n) is 7.90. The van der Waals surface area contributed by atoms with Crippen molar-refractivity contribution in [2.45, 2.75) is 51.3 Å². The highest BCUT2D eigenvalue weighted by Gasteiger charge is 2.30. The van der Waals surface area contributed by atoms with Gasteiger partial charge in [0.2, 0.25) is 0 Å². The van der Waals surface area contributed by atoms with Gasteiger partial charge in [0.1, 0.15) is 22.6 Å². The number of anilines is 1. The molecule has 10 nitrogen and oxygen atoms in total. The Balaban J connectivity index is 1.79. The van der Waals surface area contributed by atoms with Gasteiger partial charge in [0.25, 0.3) is 0 Å². The highest BCUT2D eigenvalue weighted by atomic mass is 32.2. The lowest BCUT2D eigenvalue weighted by Gasteiger charge is -2.22. The van der Waals surface area contributed by atoms with Gasteiger partial charge in [-0.3, -0.25) is 0 Å². The first-order valence-corrected chi connectivity index (χ1v) is 9.94. The van der Waals surface area contributed by atoms with E-state index in [1.807, 2.05) is 6.92 Å². The molecule has 1 atom stereocenters. The van der Waals surface area contributed by atoms with E-state index in [2.05, 4.69) is 51.7 Å². The number of nitrogens with zero attached hydrogens (tertiary/aromatic N) is 9. The molecule has 1 saturated heterocycles. The number of rotatable bonds is 4. The average molecular weight is 399 g/mol. The number of thioether (sulfide) groups is 1. The van der Waals surface area contributed by atoms with Gasteiger partial charge < -0.3 is 4.90 Å². The van der Waals surface area contributed by atoms with Crippen LogP contribution in [0.4, 0.5) is 5.82 Å². The molecule has 3 aromatic heterocycles. The molecule has 0 spiro atoms. The number of thiocyanates is 1. The summed E-state index contributed by atoms with van der Waals surface area (Å²) in [6, 6.07) is 0. The van der Waals surface area contributed by atoms with E-state index in [0.29, 0.717) is 29.1 Å². The van der Waals surface area contributed by atoms with Gasteiger partial charge in [-0.2, -0.15) is 5.26 Å². The molecule has 0 N–H and O–H groups in total. The van der Waals surface area contributed by atoms with Crippen molar-refractivity contribution in [2.75, 3.05) is 18.0 Å². The van der Waals surface area contributed by atoms with Gasteiger partial charge in [0.05, 0.1) is 6.54 Å². The number of nitriles is 1. The van der Waals surface area contributed by atoms with E-state index in [1.54, 1.807) is 4.68 Å². The summed E-state index contributed by atoms with van der Waals surface area (Å²) in [5.41, 5.74) is 2.49. The number of fused-ring (bicyclic) bond motifs is 1. The van der Waals surface area contributed by atoms with Crippen LogP contribution in [0.5, 0.6) is 0 Å². The quantitative estimate of drug-likeness (QED) is 0.602. The monoisotopic (exact) mass is 399 g/mol. The minimum absolute atomic E-state index is 0.232. The van der Waals surface area contributed by atoms with Crippen LogP contribution in [-0.4, -0.2) is 53.6 Å². The Labute approximate surface area is 166 Å². The second-order valence-corrected chi connectivity index (χ2v) is 8.99. The normalized spacial score (nSPS) is 17.4. The van der Waals surface area contributed by atoms with Crippen LogP contribution in [0.25, 0.3) is 11.2 Å². The van der Waals surface area contributed by atoms with Gasteiger partial charge in [-0.15, -0.1) is 5.10 Å². The summed E-state index contributed by atoms with van der Waals surface area (Å²) < 4.78 is 6.50. The Bertz CT molecular complexity index is 1050. The van der Waals surface area contributed by atoms with Gasteiger partial charge in [0.15, 0.2) is 17.0 Å². The van der Waals surface area contributed by atoms with Crippen LogP contribution < -0.4 is 4.90 Å². The lowest BCUT2D eigenvalue weighted by Crippen LogP contribution is -2.25. The Kier molecular flexibility index (Phi) is 4.66. The van der Waals surface area contributed by atoms with Crippen LogP contribution in [-0.2, 0) is 12.0 Å². The number of aromatic nitrogens is 7. The van der Waals surface area contributed by atoms with Crippen molar-refractivity contribution in [3.05, 3.63) is 17.2 Å². The fourth-order valence-corrected chi connectivity index (χ4v) is 3.76. The van der Waals surface area contributed by atoms with Crippen LogP contribution in [0.3, 0.4) is 0 Å². The molecular weight excluding hydrogens is 378 g/mol. The molecule has 0 saturated carbocycles. The minimum Gasteiger partial charge on any atom is -0.353 e. The predicted molar refractivity (Wildman–Crippen MR) is 104 cm³/mol. The molecule has 4 rings (SSSR count). The Morgan fingerprint density at radius 2 is 2.11 bits per heavy atom. The summed E-state index contributed by atoms with van der Waals surface area (Å²) in [5, 5.41) is 27.9. The summed E-state index contributed by atoms with van der Waals surface area (Å²) in [7, 11) is 0. The third kappa shape index (κ3) is 3.40. The standard InChI is InChI=1S/C17H21N9OS/c1-10-12(23-27-22-10)8-26-15-13(21-24-26)14(19-16(20-15)17(2,3)4)25-6-5-11(7-25)28-9-18/h11H,5-8H2,1-4H3. The van der Waals surface area contributed by atoms with Gasteiger partial charge in [-0.1, -0.05) is 36.3 Å². The fourth-order valence-electron chi connectivity index (χ4n) is 3.13. The van der Waals surface area contributed by atoms with Crippen molar-refractivity contribution in [2.24, 2.45) is 0 Å². The zero-order valence-electron chi connectivity index (χ0n) is 16.2. The number of hydrogen-bond donors (Lipinski definition) is 0. The molecule has 0 aromatic carbocycles. The van der Waals surface area contributed by atoms with Crippen molar-refractivity contribution in [3.63, 3.8) is 0 Å². The van der Waals surface area contributed by atoms with Crippen molar-refractivity contribution in [1.82, 2.24) is 35.3 Å². The topological polar surface area (TPSA) is 122 Å². The Hall–Kier alpha value is -2.74. The maximum Gasteiger partial charge on any atom is 0.184 e. The van der Waals surface area contributed by atoms with Gasteiger partial charge in [0, 0.05) is 23.8 Å². The van der Waals surface area contributed by atoms with E-state index in [-0.39, 0.29) is 10.7 Å². The molecular formula is C17H21N9OS. The summed E-state index contributed by atoms with van der Waals surface area (Å²) in [4.78, 5) is 11.8. The SMILES string of the molecule is Cc1nonc1Cn1nnc2c(N3CCC(SC#N)C3)nc(C(C)(C)C)nc21. The van der Waals surface area contributed by atoms with E-state index in [1.165, 1.54) is 11.8 Å². The Morgan fingerprint density at radius 3 is 2.79 bits per heavy atom. The van der Waals surface area contributed by atoms with E-state index in [9.17, 15) is 0 Å². The number of hydrogen-bond acceptors (Lipinski definition) is 10. The molecule has 1 fully saturated rings. The van der Waals surface area contributed by atoms with Crippen molar-refractivity contribution < 1.29 is 4.63 Å². The molecule has 0 bridgehead atoms. The first kappa shape index (κ1) is 18.6. The van der Waals surface area contributed by atoms with Crippen molar-refractivity contribution in [1.29, 1.82) is 5.26 Å². The molecule has 1 aliphatic heterocycles. The van der Waals surface area contributed by atoms with Gasteiger partial charge in [-0.25, -0.2) is 19.3 Å². The molecule has 3 aromatic rings. The first-order chi connectivity index (χ1) is 13.4. The van der Waals surface area contributed by atoms with Crippen molar-refractivity contribution in [3.8, 4) is 5.40 Å². The largest absolute Gasteiger partial charge is 0.353 e. The summed E-state index contributed by atoms with van der Waals surface area (Å²) in [6.07, 6.45) is 0.937. The van der Waals surface area contributed by atoms with E-state index >= 15 is 0 Å². The zero-order chi connectivity index (χ0) is 19.9. The van der Waals surface area contributed by atoms with Gasteiger partial charge in [-0.05, 0) is 25.1 Å². The summed E-state index contributed by atoms with van der Waals surface area (Å²) in [6.45, 7) is 10.0. The molecule has 0 aliphatic carbocycles. The van der Waals surface area contributed by atoms with Gasteiger partial charge >= 0.3 is 0 Å². The van der Waals surface area contributed by atoms with Crippen molar-refractivity contribution >= 4 is 28.7 Å². The molecule has 146 valence electrons. The molecule has 11 heteroatoms. The van der Waals surface area contributed by atoms with Crippen LogP contribution in [0.1, 0.15) is 44.4 Å². The third-order valence-corrected chi connectivity index (χ3v) is 5.55. The summed E-state index contributed by atoms with van der Waals surface area (Å²) >= 11 is 1.32. The molecule has 28 heavy (non-hydrogen) atoms.